The van der Waals surface area contributed by atoms with Crippen molar-refractivity contribution in [3.63, 3.8) is 0 Å². The first kappa shape index (κ1) is 20.4. The Labute approximate surface area is 140 Å². The first-order valence-electron chi connectivity index (χ1n) is 7.26. The second kappa shape index (κ2) is 14.4. The topological polar surface area (TPSA) is 20.2 Å². The first-order chi connectivity index (χ1) is 9.56. The number of aromatic hydroxyl groups is 1. The fourth-order valence-electron chi connectivity index (χ4n) is 1.95. The summed E-state index contributed by atoms with van der Waals surface area (Å²) in [6.07, 6.45) is 10.6. The molecule has 1 aromatic rings. The predicted molar refractivity (Wildman–Crippen MR) is 93.1 cm³/mol. The second-order valence-electron chi connectivity index (χ2n) is 4.79. The Kier molecular flexibility index (Phi) is 14.7. The molecular weight excluding hydrogens is 330 g/mol. The Bertz CT molecular complexity index is 315. The third-order valence-corrected chi connectivity index (χ3v) is 3.01. The summed E-state index contributed by atoms with van der Waals surface area (Å²) in [4.78, 5) is 0. The van der Waals surface area contributed by atoms with Crippen molar-refractivity contribution < 1.29 is 5.11 Å². The SMILES string of the molecule is CCCCCCCCCc1ccc(O)cc1.[Cl][Al]([Cl])[Cl]. The molecule has 1 nitrogen and oxygen atoms in total. The molecule has 0 spiro atoms. The van der Waals surface area contributed by atoms with Gasteiger partial charge < -0.3 is 5.11 Å². The summed E-state index contributed by atoms with van der Waals surface area (Å²) >= 11 is -1.72. The summed E-state index contributed by atoms with van der Waals surface area (Å²) in [6, 6.07) is 7.59. The lowest BCUT2D eigenvalue weighted by Gasteiger charge is -2.02. The van der Waals surface area contributed by atoms with Crippen LogP contribution < -0.4 is 0 Å². The standard InChI is InChI=1S/C15H24O.Al.3ClH/c1-2-3-4-5-6-7-8-9-14-10-12-15(16)13-11-14;;;;/h10-13,16H,2-9H2,1H3;;3*1H/q;+3;;;/p-3. The maximum absolute atomic E-state index is 9.15. The van der Waals surface area contributed by atoms with Gasteiger partial charge in [-0.1, -0.05) is 57.6 Å². The van der Waals surface area contributed by atoms with Gasteiger partial charge in [0.1, 0.15) is 5.75 Å². The Hall–Kier alpha value is 0.422. The minimum Gasteiger partial charge on any atom is -0.508 e. The van der Waals surface area contributed by atoms with Gasteiger partial charge in [0.05, 0.1) is 0 Å². The van der Waals surface area contributed by atoms with E-state index in [9.17, 15) is 0 Å². The maximum Gasteiger partial charge on any atom is 0.643 e. The molecule has 0 saturated heterocycles. The van der Waals surface area contributed by atoms with Gasteiger partial charge in [0.15, 0.2) is 0 Å². The molecule has 0 aliphatic carbocycles. The lowest BCUT2D eigenvalue weighted by Crippen LogP contribution is -1.85. The number of hydrogen-bond donors (Lipinski definition) is 1. The maximum atomic E-state index is 9.15. The lowest BCUT2D eigenvalue weighted by atomic mass is 10.0. The lowest BCUT2D eigenvalue weighted by molar-refractivity contribution is 0.475. The number of hydrogen-bond acceptors (Lipinski definition) is 1. The monoisotopic (exact) mass is 352 g/mol. The van der Waals surface area contributed by atoms with Gasteiger partial charge in [-0.05, 0) is 30.5 Å². The molecule has 0 saturated carbocycles. The smallest absolute Gasteiger partial charge is 0.508 e. The van der Waals surface area contributed by atoms with Crippen molar-refractivity contribution >= 4 is 41.5 Å². The normalized spacial score (nSPS) is 9.80. The first-order valence-corrected chi connectivity index (χ1v) is 12.5. The molecule has 0 unspecified atom stereocenters. The van der Waals surface area contributed by atoms with Gasteiger partial charge in [-0.3, -0.25) is 0 Å². The van der Waals surface area contributed by atoms with Gasteiger partial charge in [-0.25, -0.2) is 30.1 Å². The molecule has 1 rings (SSSR count). The van der Waals surface area contributed by atoms with E-state index in [4.69, 9.17) is 35.3 Å². The molecule has 0 amide bonds. The van der Waals surface area contributed by atoms with Crippen LogP contribution in [-0.2, 0) is 6.42 Å². The van der Waals surface area contributed by atoms with Crippen molar-refractivity contribution in [3.8, 4) is 5.75 Å². The van der Waals surface area contributed by atoms with E-state index in [0.29, 0.717) is 5.75 Å². The molecule has 0 radical (unpaired) electrons. The average molecular weight is 354 g/mol. The third kappa shape index (κ3) is 14.8. The average Bonchev–Trinajstić information content (AvgIpc) is 2.39. The van der Waals surface area contributed by atoms with E-state index < -0.39 is 11.4 Å². The Morgan fingerprint density at radius 2 is 1.30 bits per heavy atom. The summed E-state index contributed by atoms with van der Waals surface area (Å²) in [6.45, 7) is 2.25. The van der Waals surface area contributed by atoms with E-state index in [0.717, 1.165) is 6.42 Å². The van der Waals surface area contributed by atoms with Gasteiger partial charge in [0.2, 0.25) is 0 Å². The predicted octanol–water partition coefficient (Wildman–Crippen LogP) is 6.37. The molecule has 0 aromatic heterocycles. The Morgan fingerprint density at radius 3 is 1.80 bits per heavy atom. The number of benzene rings is 1. The molecule has 0 aliphatic heterocycles. The van der Waals surface area contributed by atoms with E-state index in [1.807, 2.05) is 12.1 Å². The zero-order valence-electron chi connectivity index (χ0n) is 12.1. The molecule has 1 N–H and O–H groups in total. The molecule has 0 heterocycles. The molecular formula is C15H24AlCl3O. The van der Waals surface area contributed by atoms with Crippen molar-refractivity contribution in [1.29, 1.82) is 0 Å². The zero-order chi connectivity index (χ0) is 15.2. The minimum atomic E-state index is -1.72. The highest BCUT2D eigenvalue weighted by Crippen LogP contribution is 2.13. The molecule has 0 fully saturated rings. The van der Waals surface area contributed by atoms with Gasteiger partial charge in [0, 0.05) is 0 Å². The van der Waals surface area contributed by atoms with Gasteiger partial charge in [-0.2, -0.15) is 0 Å². The third-order valence-electron chi connectivity index (χ3n) is 3.01. The van der Waals surface area contributed by atoms with Crippen LogP contribution in [0.15, 0.2) is 24.3 Å². The van der Waals surface area contributed by atoms with Crippen LogP contribution in [0.3, 0.4) is 0 Å². The number of phenolic OH excluding ortho intramolecular Hbond substituents is 1. The van der Waals surface area contributed by atoms with Crippen LogP contribution in [-0.4, -0.2) is 16.5 Å². The van der Waals surface area contributed by atoms with Crippen molar-refractivity contribution in [1.82, 2.24) is 0 Å². The second-order valence-corrected chi connectivity index (χ2v) is 11.2. The van der Waals surface area contributed by atoms with Crippen LogP contribution in [0.2, 0.25) is 0 Å². The van der Waals surface area contributed by atoms with Gasteiger partial charge in [-0.15, -0.1) is 0 Å². The van der Waals surface area contributed by atoms with E-state index >= 15 is 0 Å². The van der Waals surface area contributed by atoms with Gasteiger partial charge >= 0.3 is 11.4 Å². The van der Waals surface area contributed by atoms with Crippen LogP contribution in [0.4, 0.5) is 0 Å². The minimum absolute atomic E-state index is 0.364. The molecule has 20 heavy (non-hydrogen) atoms. The number of unbranched alkanes of at least 4 members (excludes halogenated alkanes) is 6. The molecule has 0 bridgehead atoms. The Morgan fingerprint density at radius 1 is 0.850 bits per heavy atom. The van der Waals surface area contributed by atoms with Crippen LogP contribution in [0, 0.1) is 0 Å². The molecule has 1 aromatic carbocycles. The zero-order valence-corrected chi connectivity index (χ0v) is 15.5. The van der Waals surface area contributed by atoms with Crippen molar-refractivity contribution in [2.75, 3.05) is 0 Å². The van der Waals surface area contributed by atoms with Crippen molar-refractivity contribution in [2.24, 2.45) is 0 Å². The quantitative estimate of drug-likeness (QED) is 0.425. The molecule has 114 valence electrons. The number of phenols is 1. The van der Waals surface area contributed by atoms with Gasteiger partial charge in [0.25, 0.3) is 0 Å². The van der Waals surface area contributed by atoms with E-state index in [1.54, 1.807) is 12.1 Å². The molecule has 5 heteroatoms. The van der Waals surface area contributed by atoms with E-state index in [-0.39, 0.29) is 0 Å². The summed E-state index contributed by atoms with van der Waals surface area (Å²) in [5.74, 6) is 0.364. The van der Waals surface area contributed by atoms with Crippen molar-refractivity contribution in [2.45, 2.75) is 58.3 Å². The number of halogens is 3. The highest BCUT2D eigenvalue weighted by molar-refractivity contribution is 7.54. The van der Waals surface area contributed by atoms with E-state index in [2.05, 4.69) is 6.92 Å². The van der Waals surface area contributed by atoms with Crippen molar-refractivity contribution in [3.05, 3.63) is 29.8 Å². The van der Waals surface area contributed by atoms with Crippen LogP contribution in [0.1, 0.15) is 57.4 Å². The van der Waals surface area contributed by atoms with Crippen LogP contribution in [0.25, 0.3) is 0 Å². The summed E-state index contributed by atoms with van der Waals surface area (Å²) in [5.41, 5.74) is 1.34. The number of rotatable bonds is 8. The molecule has 0 aliphatic rings. The largest absolute Gasteiger partial charge is 0.643 e. The summed E-state index contributed by atoms with van der Waals surface area (Å²) in [7, 11) is 14.8. The van der Waals surface area contributed by atoms with E-state index in [1.165, 1.54) is 50.5 Å². The Balaban J connectivity index is 0.000000796. The fourth-order valence-corrected chi connectivity index (χ4v) is 1.95. The number of aryl methyl sites for hydroxylation is 1. The molecule has 0 atom stereocenters. The highest BCUT2D eigenvalue weighted by Gasteiger charge is 2.00. The van der Waals surface area contributed by atoms with Crippen LogP contribution in [0.5, 0.6) is 5.75 Å². The summed E-state index contributed by atoms with van der Waals surface area (Å²) in [5, 5.41) is 9.15. The fraction of sp³-hybridized carbons (Fsp3) is 0.600. The summed E-state index contributed by atoms with van der Waals surface area (Å²) < 4.78 is 0. The van der Waals surface area contributed by atoms with Crippen LogP contribution >= 0.6 is 30.1 Å². The highest BCUT2D eigenvalue weighted by atomic mass is 35.8.